The normalized spacial score (nSPS) is 15.8. The number of rotatable bonds is 10. The van der Waals surface area contributed by atoms with Gasteiger partial charge < -0.3 is 25.2 Å². The van der Waals surface area contributed by atoms with Crippen molar-refractivity contribution in [2.24, 2.45) is 0 Å². The van der Waals surface area contributed by atoms with Crippen LogP contribution in [0.4, 0.5) is 5.69 Å². The molecule has 244 valence electrons. The van der Waals surface area contributed by atoms with E-state index in [0.29, 0.717) is 27.9 Å². The number of carboxylic acids is 1. The zero-order valence-corrected chi connectivity index (χ0v) is 27.0. The summed E-state index contributed by atoms with van der Waals surface area (Å²) in [5, 5.41) is 17.5. The molecule has 6 rings (SSSR count). The van der Waals surface area contributed by atoms with E-state index in [0.717, 1.165) is 47.8 Å². The number of pyridine rings is 1. The minimum Gasteiger partial charge on any atom is -0.490 e. The molecule has 9 nitrogen and oxygen atoms in total. The van der Waals surface area contributed by atoms with Crippen molar-refractivity contribution in [3.8, 4) is 17.2 Å². The molecule has 48 heavy (non-hydrogen) atoms. The number of hydrogen-bond donors (Lipinski definition) is 3. The van der Waals surface area contributed by atoms with Crippen LogP contribution in [0.5, 0.6) is 17.2 Å². The van der Waals surface area contributed by atoms with Crippen LogP contribution in [0.1, 0.15) is 57.7 Å². The Labute approximate surface area is 282 Å². The third-order valence-electron chi connectivity index (χ3n) is 8.23. The van der Waals surface area contributed by atoms with E-state index in [-0.39, 0.29) is 41.6 Å². The molecular weight excluding hydrogens is 630 g/mol. The first-order valence-corrected chi connectivity index (χ1v) is 16.1. The molecule has 0 aliphatic heterocycles. The second kappa shape index (κ2) is 14.6. The van der Waals surface area contributed by atoms with Crippen molar-refractivity contribution < 1.29 is 29.0 Å². The lowest BCUT2D eigenvalue weighted by atomic mass is 9.92. The monoisotopic (exact) mass is 663 g/mol. The number of amides is 2. The van der Waals surface area contributed by atoms with Crippen LogP contribution in [0.3, 0.4) is 0 Å². The number of aryl methyl sites for hydroxylation is 1. The van der Waals surface area contributed by atoms with Crippen LogP contribution >= 0.6 is 11.6 Å². The minimum atomic E-state index is -1.10. The van der Waals surface area contributed by atoms with Gasteiger partial charge in [0.1, 0.15) is 22.4 Å². The number of hydrogen-bond acceptors (Lipinski definition) is 6. The zero-order chi connectivity index (χ0) is 33.6. The van der Waals surface area contributed by atoms with Gasteiger partial charge in [0.15, 0.2) is 0 Å². The average Bonchev–Trinajstić information content (AvgIpc) is 3.06. The molecule has 0 saturated heterocycles. The van der Waals surface area contributed by atoms with Crippen LogP contribution in [0, 0.1) is 6.92 Å². The molecule has 0 unspecified atom stereocenters. The summed E-state index contributed by atoms with van der Waals surface area (Å²) in [7, 11) is 0. The van der Waals surface area contributed by atoms with Gasteiger partial charge in [-0.15, -0.1) is 0 Å². The van der Waals surface area contributed by atoms with Crippen LogP contribution in [-0.4, -0.2) is 40.0 Å². The lowest BCUT2D eigenvalue weighted by Gasteiger charge is -2.29. The van der Waals surface area contributed by atoms with Gasteiger partial charge in [-0.1, -0.05) is 48.0 Å². The number of fused-ring (bicyclic) bond motifs is 1. The van der Waals surface area contributed by atoms with Gasteiger partial charge in [-0.25, -0.2) is 9.78 Å². The van der Waals surface area contributed by atoms with Crippen molar-refractivity contribution in [1.29, 1.82) is 0 Å². The third kappa shape index (κ3) is 8.29. The highest BCUT2D eigenvalue weighted by Gasteiger charge is 2.24. The maximum Gasteiger partial charge on any atom is 0.337 e. The van der Waals surface area contributed by atoms with E-state index >= 15 is 0 Å². The minimum absolute atomic E-state index is 0.0410. The number of carbonyl (C=O) groups is 3. The predicted molar refractivity (Wildman–Crippen MR) is 184 cm³/mol. The predicted octanol–water partition coefficient (Wildman–Crippen LogP) is 7.99. The van der Waals surface area contributed by atoms with Gasteiger partial charge in [0, 0.05) is 17.3 Å². The molecule has 1 aliphatic carbocycles. The number of ether oxygens (including phenoxy) is 2. The Hall–Kier alpha value is -5.41. The van der Waals surface area contributed by atoms with E-state index in [4.69, 9.17) is 21.1 Å². The van der Waals surface area contributed by atoms with Gasteiger partial charge in [-0.2, -0.15) is 0 Å². The fraction of sp³-hybridized carbons (Fsp3) is 0.211. The molecule has 10 heteroatoms. The number of benzene rings is 4. The Morgan fingerprint density at radius 2 is 1.50 bits per heavy atom. The topological polar surface area (TPSA) is 127 Å². The molecular formula is C38H34ClN3O6. The van der Waals surface area contributed by atoms with Crippen molar-refractivity contribution >= 4 is 45.8 Å². The average molecular weight is 664 g/mol. The summed E-state index contributed by atoms with van der Waals surface area (Å²) in [5.41, 5.74) is 2.30. The summed E-state index contributed by atoms with van der Waals surface area (Å²) in [6, 6.07) is 28.8. The molecule has 0 bridgehead atoms. The Morgan fingerprint density at radius 3 is 2.21 bits per heavy atom. The van der Waals surface area contributed by atoms with Gasteiger partial charge in [-0.3, -0.25) is 9.59 Å². The smallest absolute Gasteiger partial charge is 0.337 e. The van der Waals surface area contributed by atoms with Crippen molar-refractivity contribution in [1.82, 2.24) is 10.3 Å². The summed E-state index contributed by atoms with van der Waals surface area (Å²) in [6.45, 7) is 1.81. The molecule has 5 aromatic rings. The zero-order valence-electron chi connectivity index (χ0n) is 26.2. The first-order valence-electron chi connectivity index (χ1n) is 15.7. The van der Waals surface area contributed by atoms with Gasteiger partial charge in [0.2, 0.25) is 5.91 Å². The van der Waals surface area contributed by atoms with Gasteiger partial charge in [-0.05, 0) is 110 Å². The number of aromatic carboxylic acids is 1. The first kappa shape index (κ1) is 32.5. The number of anilines is 1. The number of halogens is 1. The molecule has 1 heterocycles. The molecule has 0 radical (unpaired) electrons. The molecule has 4 aromatic carbocycles. The number of nitrogens with one attached hydrogen (secondary N) is 2. The highest BCUT2D eigenvalue weighted by Crippen LogP contribution is 2.30. The van der Waals surface area contributed by atoms with Gasteiger partial charge in [0.25, 0.3) is 5.91 Å². The number of para-hydroxylation sites is 1. The second-order valence-electron chi connectivity index (χ2n) is 11.9. The molecule has 1 aliphatic rings. The Balaban J connectivity index is 0.991. The maximum absolute atomic E-state index is 12.7. The Morgan fingerprint density at radius 1 is 0.833 bits per heavy atom. The van der Waals surface area contributed by atoms with E-state index in [1.807, 2.05) is 55.5 Å². The van der Waals surface area contributed by atoms with E-state index in [9.17, 15) is 19.5 Å². The standard InChI is InChI=1S/C38H34ClN3O6/c1-23-18-27(22-35(39)40-23)37(44)41-28-10-16-30(17-11-28)48-32-15-9-25-20-31(14-8-26(25)21-32)47-29-12-6-24(7-13-29)19-36(43)42-34-5-3-2-4-33(34)38(45)46/h2-9,12-15,18,20-22,28,30H,10-11,16-17,19H2,1H3,(H,41,44)(H,42,43)(H,45,46). The molecule has 3 N–H and O–H groups in total. The largest absolute Gasteiger partial charge is 0.490 e. The van der Waals surface area contributed by atoms with Gasteiger partial charge >= 0.3 is 5.97 Å². The summed E-state index contributed by atoms with van der Waals surface area (Å²) < 4.78 is 12.4. The molecule has 1 fully saturated rings. The molecule has 1 aromatic heterocycles. The van der Waals surface area contributed by atoms with E-state index < -0.39 is 5.97 Å². The molecule has 0 atom stereocenters. The fourth-order valence-corrected chi connectivity index (χ4v) is 6.10. The lowest BCUT2D eigenvalue weighted by molar-refractivity contribution is -0.115. The summed E-state index contributed by atoms with van der Waals surface area (Å²) in [5.74, 6) is 0.560. The number of nitrogens with zero attached hydrogens (tertiary/aromatic N) is 1. The SMILES string of the molecule is Cc1cc(C(=O)NC2CCC(Oc3ccc4cc(Oc5ccc(CC(=O)Nc6ccccc6C(=O)O)cc5)ccc4c3)CC2)cc(Cl)n1. The Kier molecular flexibility index (Phi) is 9.87. The van der Waals surface area contributed by atoms with Crippen molar-refractivity contribution in [2.45, 2.75) is 51.2 Å². The van der Waals surface area contributed by atoms with E-state index in [2.05, 4.69) is 15.6 Å². The van der Waals surface area contributed by atoms with Crippen LogP contribution in [0.15, 0.2) is 97.1 Å². The number of carbonyl (C=O) groups excluding carboxylic acids is 2. The molecule has 1 saturated carbocycles. The molecule has 0 spiro atoms. The first-order chi connectivity index (χ1) is 23.2. The van der Waals surface area contributed by atoms with E-state index in [1.165, 1.54) is 6.07 Å². The highest BCUT2D eigenvalue weighted by atomic mass is 35.5. The lowest BCUT2D eigenvalue weighted by Crippen LogP contribution is -2.39. The maximum atomic E-state index is 12.7. The highest BCUT2D eigenvalue weighted by molar-refractivity contribution is 6.29. The van der Waals surface area contributed by atoms with Gasteiger partial charge in [0.05, 0.1) is 23.8 Å². The van der Waals surface area contributed by atoms with Crippen molar-refractivity contribution in [3.63, 3.8) is 0 Å². The van der Waals surface area contributed by atoms with Crippen LogP contribution in [0.2, 0.25) is 5.15 Å². The molecule has 2 amide bonds. The van der Waals surface area contributed by atoms with Crippen molar-refractivity contribution in [3.05, 3.63) is 125 Å². The van der Waals surface area contributed by atoms with Crippen molar-refractivity contribution in [2.75, 3.05) is 5.32 Å². The van der Waals surface area contributed by atoms with Crippen LogP contribution in [-0.2, 0) is 11.2 Å². The summed E-state index contributed by atoms with van der Waals surface area (Å²) >= 11 is 6.02. The Bertz CT molecular complexity index is 1950. The number of carboxylic acid groups (broad SMARTS) is 1. The fourth-order valence-electron chi connectivity index (χ4n) is 5.85. The van der Waals surface area contributed by atoms with Crippen LogP contribution in [0.25, 0.3) is 10.8 Å². The van der Waals surface area contributed by atoms with Crippen LogP contribution < -0.4 is 20.1 Å². The third-order valence-corrected chi connectivity index (χ3v) is 8.43. The summed E-state index contributed by atoms with van der Waals surface area (Å²) in [4.78, 5) is 40.8. The quantitative estimate of drug-likeness (QED) is 0.129. The summed E-state index contributed by atoms with van der Waals surface area (Å²) in [6.07, 6.45) is 3.51. The van der Waals surface area contributed by atoms with E-state index in [1.54, 1.807) is 42.5 Å². The second-order valence-corrected chi connectivity index (χ2v) is 12.3. The number of aromatic nitrogens is 1.